The van der Waals surface area contributed by atoms with Gasteiger partial charge < -0.3 is 10.1 Å². The molecule has 0 bridgehead atoms. The van der Waals surface area contributed by atoms with Gasteiger partial charge in [0, 0.05) is 23.5 Å². The summed E-state index contributed by atoms with van der Waals surface area (Å²) in [6, 6.07) is 1.94. The Hall–Kier alpha value is -2.57. The van der Waals surface area contributed by atoms with Crippen LogP contribution in [-0.4, -0.2) is 23.0 Å². The number of hydrogen-bond donors (Lipinski definition) is 1. The minimum Gasteiger partial charge on any atom is -0.497 e. The molecule has 0 unspecified atom stereocenters. The quantitative estimate of drug-likeness (QED) is 0.924. The number of amides is 1. The molecule has 0 aliphatic heterocycles. The van der Waals surface area contributed by atoms with Gasteiger partial charge in [-0.1, -0.05) is 0 Å². The Balaban J connectivity index is 1.76. The first-order valence-corrected chi connectivity index (χ1v) is 8.16. The lowest BCUT2D eigenvalue weighted by molar-refractivity contribution is 0.0941. The summed E-state index contributed by atoms with van der Waals surface area (Å²) < 4.78 is 32.7. The van der Waals surface area contributed by atoms with Gasteiger partial charge in [-0.3, -0.25) is 4.79 Å². The van der Waals surface area contributed by atoms with E-state index in [2.05, 4.69) is 15.3 Å². The van der Waals surface area contributed by atoms with Crippen LogP contribution in [0.15, 0.2) is 12.1 Å². The number of nitrogens with zero attached hydrogens (tertiary/aromatic N) is 2. The molecular weight excluding hydrogens is 328 g/mol. The maximum absolute atomic E-state index is 14.0. The molecule has 0 saturated carbocycles. The van der Waals surface area contributed by atoms with Crippen molar-refractivity contribution < 1.29 is 18.3 Å². The molecule has 0 saturated heterocycles. The normalized spacial score (nSPS) is 13.3. The highest BCUT2D eigenvalue weighted by molar-refractivity contribution is 5.94. The predicted molar refractivity (Wildman–Crippen MR) is 87.5 cm³/mol. The van der Waals surface area contributed by atoms with Gasteiger partial charge in [0.15, 0.2) is 0 Å². The Morgan fingerprint density at radius 2 is 1.88 bits per heavy atom. The first-order chi connectivity index (χ1) is 12.0. The maximum Gasteiger partial charge on any atom is 0.257 e. The van der Waals surface area contributed by atoms with Crippen LogP contribution in [-0.2, 0) is 19.4 Å². The van der Waals surface area contributed by atoms with E-state index < -0.39 is 23.1 Å². The number of rotatable bonds is 4. The Labute approximate surface area is 144 Å². The van der Waals surface area contributed by atoms with Crippen LogP contribution in [0.1, 0.15) is 46.0 Å². The van der Waals surface area contributed by atoms with Gasteiger partial charge in [-0.25, -0.2) is 18.7 Å². The van der Waals surface area contributed by atoms with Crippen molar-refractivity contribution in [3.8, 4) is 5.75 Å². The number of carbonyl (C=O) groups excluding carboxylic acids is 1. The highest BCUT2D eigenvalue weighted by atomic mass is 19.1. The van der Waals surface area contributed by atoms with Crippen LogP contribution in [0.25, 0.3) is 0 Å². The van der Waals surface area contributed by atoms with E-state index in [0.717, 1.165) is 49.2 Å². The molecule has 0 atom stereocenters. The van der Waals surface area contributed by atoms with Crippen LogP contribution < -0.4 is 10.1 Å². The van der Waals surface area contributed by atoms with E-state index in [1.54, 1.807) is 0 Å². The average Bonchev–Trinajstić information content (AvgIpc) is 2.59. The number of methoxy groups -OCH3 is 1. The SMILES string of the molecule is COc1cc(F)c(C(=O)NCc2nc(C)c3c(n2)CCCC3)c(F)c1. The summed E-state index contributed by atoms with van der Waals surface area (Å²) in [6.07, 6.45) is 4.07. The van der Waals surface area contributed by atoms with Crippen molar-refractivity contribution in [2.75, 3.05) is 7.11 Å². The monoisotopic (exact) mass is 347 g/mol. The first-order valence-electron chi connectivity index (χ1n) is 8.16. The first kappa shape index (κ1) is 17.3. The van der Waals surface area contributed by atoms with E-state index in [1.807, 2.05) is 6.92 Å². The minimum absolute atomic E-state index is 0.0118. The molecule has 7 heteroatoms. The lowest BCUT2D eigenvalue weighted by atomic mass is 9.95. The number of carbonyl (C=O) groups is 1. The summed E-state index contributed by atoms with van der Waals surface area (Å²) in [4.78, 5) is 21.0. The van der Waals surface area contributed by atoms with Crippen LogP contribution in [0.3, 0.4) is 0 Å². The second kappa shape index (κ2) is 7.13. The number of ether oxygens (including phenoxy) is 1. The Morgan fingerprint density at radius 1 is 1.20 bits per heavy atom. The molecule has 5 nitrogen and oxygen atoms in total. The molecule has 0 spiro atoms. The lowest BCUT2D eigenvalue weighted by Crippen LogP contribution is -2.27. The molecule has 132 valence electrons. The minimum atomic E-state index is -0.975. The molecule has 25 heavy (non-hydrogen) atoms. The second-order valence-corrected chi connectivity index (χ2v) is 6.01. The highest BCUT2D eigenvalue weighted by Crippen LogP contribution is 2.22. The molecule has 0 fully saturated rings. The number of nitrogens with one attached hydrogen (secondary N) is 1. The van der Waals surface area contributed by atoms with Crippen LogP contribution in [0.4, 0.5) is 8.78 Å². The third-order valence-electron chi connectivity index (χ3n) is 4.32. The molecule has 1 aliphatic carbocycles. The third kappa shape index (κ3) is 3.60. The molecule has 1 amide bonds. The number of fused-ring (bicyclic) bond motifs is 1. The second-order valence-electron chi connectivity index (χ2n) is 6.01. The van der Waals surface area contributed by atoms with Gasteiger partial charge in [0.25, 0.3) is 5.91 Å². The fourth-order valence-corrected chi connectivity index (χ4v) is 3.06. The Morgan fingerprint density at radius 3 is 2.56 bits per heavy atom. The smallest absolute Gasteiger partial charge is 0.257 e. The van der Waals surface area contributed by atoms with Crippen molar-refractivity contribution in [2.24, 2.45) is 0 Å². The molecule has 2 aromatic rings. The summed E-state index contributed by atoms with van der Waals surface area (Å²) in [5, 5.41) is 2.48. The summed E-state index contributed by atoms with van der Waals surface area (Å²) in [5.41, 5.74) is 2.43. The number of aryl methyl sites for hydroxylation is 2. The summed E-state index contributed by atoms with van der Waals surface area (Å²) in [5.74, 6) is -2.34. The third-order valence-corrected chi connectivity index (χ3v) is 4.32. The van der Waals surface area contributed by atoms with E-state index in [9.17, 15) is 13.6 Å². The number of benzene rings is 1. The summed E-state index contributed by atoms with van der Waals surface area (Å²) >= 11 is 0. The van der Waals surface area contributed by atoms with E-state index >= 15 is 0 Å². The zero-order valence-corrected chi connectivity index (χ0v) is 14.2. The van der Waals surface area contributed by atoms with Crippen molar-refractivity contribution in [2.45, 2.75) is 39.2 Å². The van der Waals surface area contributed by atoms with Crippen LogP contribution in [0, 0.1) is 18.6 Å². The summed E-state index contributed by atoms with van der Waals surface area (Å²) in [6.45, 7) is 1.93. The predicted octanol–water partition coefficient (Wildman–Crippen LogP) is 2.88. The van der Waals surface area contributed by atoms with Crippen molar-refractivity contribution in [3.05, 3.63) is 52.1 Å². The van der Waals surface area contributed by atoms with Crippen LogP contribution in [0.5, 0.6) is 5.75 Å². The molecule has 1 aliphatic rings. The molecular formula is C18H19F2N3O2. The fourth-order valence-electron chi connectivity index (χ4n) is 3.06. The van der Waals surface area contributed by atoms with Crippen molar-refractivity contribution in [3.63, 3.8) is 0 Å². The zero-order chi connectivity index (χ0) is 18.0. The molecule has 1 aromatic heterocycles. The highest BCUT2D eigenvalue weighted by Gasteiger charge is 2.20. The maximum atomic E-state index is 14.0. The number of hydrogen-bond acceptors (Lipinski definition) is 4. The topological polar surface area (TPSA) is 64.1 Å². The van der Waals surface area contributed by atoms with Gasteiger partial charge in [-0.2, -0.15) is 0 Å². The zero-order valence-electron chi connectivity index (χ0n) is 14.2. The van der Waals surface area contributed by atoms with Crippen molar-refractivity contribution in [1.29, 1.82) is 0 Å². The van der Waals surface area contributed by atoms with Gasteiger partial charge in [0.2, 0.25) is 0 Å². The van der Waals surface area contributed by atoms with Crippen LogP contribution >= 0.6 is 0 Å². The van der Waals surface area contributed by atoms with Gasteiger partial charge in [-0.05, 0) is 38.2 Å². The van der Waals surface area contributed by atoms with Gasteiger partial charge in [0.05, 0.1) is 13.7 Å². The van der Waals surface area contributed by atoms with Gasteiger partial charge in [-0.15, -0.1) is 0 Å². The Kier molecular flexibility index (Phi) is 4.92. The molecule has 0 radical (unpaired) electrons. The van der Waals surface area contributed by atoms with E-state index in [4.69, 9.17) is 4.74 Å². The Bertz CT molecular complexity index is 801. The fraction of sp³-hybridized carbons (Fsp3) is 0.389. The van der Waals surface area contributed by atoms with Gasteiger partial charge in [0.1, 0.15) is 28.8 Å². The lowest BCUT2D eigenvalue weighted by Gasteiger charge is -2.17. The molecule has 1 N–H and O–H groups in total. The van der Waals surface area contributed by atoms with Crippen molar-refractivity contribution in [1.82, 2.24) is 15.3 Å². The average molecular weight is 347 g/mol. The van der Waals surface area contributed by atoms with Crippen molar-refractivity contribution >= 4 is 5.91 Å². The van der Waals surface area contributed by atoms with Crippen LogP contribution in [0.2, 0.25) is 0 Å². The number of halogens is 2. The summed E-state index contributed by atoms with van der Waals surface area (Å²) in [7, 11) is 1.30. The molecule has 1 heterocycles. The number of aromatic nitrogens is 2. The standard InChI is InChI=1S/C18H19F2N3O2/c1-10-12-5-3-4-6-15(12)23-16(22-10)9-21-18(24)17-13(19)7-11(25-2)8-14(17)20/h7-8H,3-6,9H2,1-2H3,(H,21,24). The van der Waals surface area contributed by atoms with Gasteiger partial charge >= 0.3 is 0 Å². The molecule has 1 aromatic carbocycles. The van der Waals surface area contributed by atoms with E-state index in [1.165, 1.54) is 12.7 Å². The van der Waals surface area contributed by atoms with E-state index in [-0.39, 0.29) is 12.3 Å². The largest absolute Gasteiger partial charge is 0.497 e. The molecule has 3 rings (SSSR count). The van der Waals surface area contributed by atoms with E-state index in [0.29, 0.717) is 5.82 Å².